The Balaban J connectivity index is 2.01. The van der Waals surface area contributed by atoms with Gasteiger partial charge in [-0.3, -0.25) is 9.88 Å². The van der Waals surface area contributed by atoms with Crippen LogP contribution in [0.2, 0.25) is 0 Å². The fraction of sp³-hybridized carbons (Fsp3) is 0.643. The van der Waals surface area contributed by atoms with Gasteiger partial charge in [-0.05, 0) is 51.9 Å². The molecule has 1 aliphatic rings. The van der Waals surface area contributed by atoms with Crippen molar-refractivity contribution >= 4 is 0 Å². The number of nitrogens with zero attached hydrogens (tertiary/aromatic N) is 2. The van der Waals surface area contributed by atoms with Crippen molar-refractivity contribution in [3.63, 3.8) is 0 Å². The Labute approximate surface area is 104 Å². The first-order chi connectivity index (χ1) is 8.10. The molecular formula is C14H23N3. The second-order valence-electron chi connectivity index (χ2n) is 5.48. The molecule has 1 aromatic heterocycles. The first-order valence-corrected chi connectivity index (χ1v) is 6.51. The normalized spacial score (nSPS) is 19.5. The Morgan fingerprint density at radius 2 is 2.06 bits per heavy atom. The SMILES string of the molecule is CC(C)(C(N)Cc1ccccn1)N1CCCC1. The maximum atomic E-state index is 6.38. The minimum absolute atomic E-state index is 0.0635. The van der Waals surface area contributed by atoms with E-state index in [1.54, 1.807) is 0 Å². The van der Waals surface area contributed by atoms with Crippen LogP contribution in [-0.2, 0) is 6.42 Å². The number of aromatic nitrogens is 1. The summed E-state index contributed by atoms with van der Waals surface area (Å²) in [6.45, 7) is 6.88. The van der Waals surface area contributed by atoms with Crippen LogP contribution in [0, 0.1) is 0 Å². The largest absolute Gasteiger partial charge is 0.326 e. The zero-order valence-corrected chi connectivity index (χ0v) is 10.9. The summed E-state index contributed by atoms with van der Waals surface area (Å²) in [6.07, 6.45) is 5.30. The predicted octanol–water partition coefficient (Wildman–Crippen LogP) is 1.83. The highest BCUT2D eigenvalue weighted by Gasteiger charge is 2.34. The highest BCUT2D eigenvalue weighted by molar-refractivity contribution is 5.08. The average molecular weight is 233 g/mol. The smallest absolute Gasteiger partial charge is 0.0419 e. The van der Waals surface area contributed by atoms with Crippen LogP contribution in [0.5, 0.6) is 0 Å². The van der Waals surface area contributed by atoms with E-state index in [0.29, 0.717) is 0 Å². The summed E-state index contributed by atoms with van der Waals surface area (Å²) < 4.78 is 0. The van der Waals surface area contributed by atoms with Crippen molar-refractivity contribution in [2.24, 2.45) is 5.73 Å². The lowest BCUT2D eigenvalue weighted by atomic mass is 9.90. The van der Waals surface area contributed by atoms with Gasteiger partial charge < -0.3 is 5.73 Å². The molecule has 0 amide bonds. The number of likely N-dealkylation sites (tertiary alicyclic amines) is 1. The summed E-state index contributed by atoms with van der Waals surface area (Å²) in [5, 5.41) is 0. The molecule has 94 valence electrons. The van der Waals surface area contributed by atoms with Crippen molar-refractivity contribution in [1.82, 2.24) is 9.88 Å². The van der Waals surface area contributed by atoms with Crippen LogP contribution >= 0.6 is 0 Å². The van der Waals surface area contributed by atoms with E-state index in [1.165, 1.54) is 25.9 Å². The van der Waals surface area contributed by atoms with Gasteiger partial charge in [0.2, 0.25) is 0 Å². The molecule has 2 N–H and O–H groups in total. The first-order valence-electron chi connectivity index (χ1n) is 6.51. The van der Waals surface area contributed by atoms with E-state index in [4.69, 9.17) is 5.73 Å². The number of hydrogen-bond acceptors (Lipinski definition) is 3. The van der Waals surface area contributed by atoms with Gasteiger partial charge in [-0.2, -0.15) is 0 Å². The maximum absolute atomic E-state index is 6.38. The fourth-order valence-electron chi connectivity index (χ4n) is 2.52. The molecule has 3 heteroatoms. The molecule has 0 saturated carbocycles. The van der Waals surface area contributed by atoms with Crippen LogP contribution in [0.1, 0.15) is 32.4 Å². The van der Waals surface area contributed by atoms with Gasteiger partial charge in [-0.15, -0.1) is 0 Å². The van der Waals surface area contributed by atoms with Gasteiger partial charge in [0.05, 0.1) is 0 Å². The lowest BCUT2D eigenvalue weighted by Crippen LogP contribution is -2.56. The van der Waals surface area contributed by atoms with E-state index >= 15 is 0 Å². The van der Waals surface area contributed by atoms with Gasteiger partial charge in [0.1, 0.15) is 0 Å². The van der Waals surface area contributed by atoms with Gasteiger partial charge in [-0.1, -0.05) is 6.07 Å². The number of rotatable bonds is 4. The molecule has 0 spiro atoms. The zero-order valence-electron chi connectivity index (χ0n) is 10.9. The summed E-state index contributed by atoms with van der Waals surface area (Å²) in [7, 11) is 0. The summed E-state index contributed by atoms with van der Waals surface area (Å²) in [4.78, 5) is 6.87. The molecule has 1 atom stereocenters. The van der Waals surface area contributed by atoms with Crippen LogP contribution in [-0.4, -0.2) is 34.6 Å². The molecular weight excluding hydrogens is 210 g/mol. The Bertz CT molecular complexity index is 342. The monoisotopic (exact) mass is 233 g/mol. The van der Waals surface area contributed by atoms with E-state index < -0.39 is 0 Å². The van der Waals surface area contributed by atoms with Gasteiger partial charge in [-0.25, -0.2) is 0 Å². The average Bonchev–Trinajstić information content (AvgIpc) is 2.84. The molecule has 1 fully saturated rings. The summed E-state index contributed by atoms with van der Waals surface area (Å²) >= 11 is 0. The van der Waals surface area contributed by atoms with E-state index in [0.717, 1.165) is 12.1 Å². The molecule has 1 saturated heterocycles. The van der Waals surface area contributed by atoms with E-state index in [2.05, 4.69) is 29.8 Å². The van der Waals surface area contributed by atoms with Crippen LogP contribution in [0.4, 0.5) is 0 Å². The number of hydrogen-bond donors (Lipinski definition) is 1. The molecule has 1 unspecified atom stereocenters. The molecule has 2 heterocycles. The van der Waals surface area contributed by atoms with Crippen molar-refractivity contribution in [2.45, 2.75) is 44.7 Å². The third-order valence-electron chi connectivity index (χ3n) is 3.98. The second-order valence-corrected chi connectivity index (χ2v) is 5.48. The minimum Gasteiger partial charge on any atom is -0.326 e. The van der Waals surface area contributed by atoms with Gasteiger partial charge >= 0.3 is 0 Å². The predicted molar refractivity (Wildman–Crippen MR) is 70.8 cm³/mol. The van der Waals surface area contributed by atoms with Crippen molar-refractivity contribution in [3.8, 4) is 0 Å². The topological polar surface area (TPSA) is 42.1 Å². The molecule has 17 heavy (non-hydrogen) atoms. The second kappa shape index (κ2) is 5.15. The van der Waals surface area contributed by atoms with E-state index in [9.17, 15) is 0 Å². The molecule has 0 aliphatic carbocycles. The van der Waals surface area contributed by atoms with Gasteiger partial charge in [0.15, 0.2) is 0 Å². The molecule has 1 aliphatic heterocycles. The molecule has 2 rings (SSSR count). The van der Waals surface area contributed by atoms with Crippen LogP contribution < -0.4 is 5.73 Å². The number of pyridine rings is 1. The molecule has 0 bridgehead atoms. The molecule has 3 nitrogen and oxygen atoms in total. The lowest BCUT2D eigenvalue weighted by molar-refractivity contribution is 0.123. The third-order valence-corrected chi connectivity index (χ3v) is 3.98. The Kier molecular flexibility index (Phi) is 3.79. The molecule has 0 radical (unpaired) electrons. The summed E-state index contributed by atoms with van der Waals surface area (Å²) in [5.74, 6) is 0. The molecule has 1 aromatic rings. The summed E-state index contributed by atoms with van der Waals surface area (Å²) in [5.41, 5.74) is 7.54. The Morgan fingerprint density at radius 1 is 1.35 bits per heavy atom. The van der Waals surface area contributed by atoms with Gasteiger partial charge in [0.25, 0.3) is 0 Å². The minimum atomic E-state index is 0.0635. The quantitative estimate of drug-likeness (QED) is 0.862. The van der Waals surface area contributed by atoms with Crippen molar-refractivity contribution in [2.75, 3.05) is 13.1 Å². The lowest BCUT2D eigenvalue weighted by Gasteiger charge is -2.40. The van der Waals surface area contributed by atoms with Crippen molar-refractivity contribution < 1.29 is 0 Å². The number of nitrogens with two attached hydrogens (primary N) is 1. The van der Waals surface area contributed by atoms with E-state index in [-0.39, 0.29) is 11.6 Å². The molecule has 0 aromatic carbocycles. The summed E-state index contributed by atoms with van der Waals surface area (Å²) in [6, 6.07) is 6.16. The first kappa shape index (κ1) is 12.5. The van der Waals surface area contributed by atoms with Crippen molar-refractivity contribution in [3.05, 3.63) is 30.1 Å². The van der Waals surface area contributed by atoms with Crippen LogP contribution in [0.15, 0.2) is 24.4 Å². The highest BCUT2D eigenvalue weighted by Crippen LogP contribution is 2.24. The fourth-order valence-corrected chi connectivity index (χ4v) is 2.52. The third kappa shape index (κ3) is 2.85. The zero-order chi connectivity index (χ0) is 12.3. The van der Waals surface area contributed by atoms with Crippen molar-refractivity contribution in [1.29, 1.82) is 0 Å². The van der Waals surface area contributed by atoms with E-state index in [1.807, 2.05) is 18.3 Å². The standard InChI is InChI=1S/C14H23N3/c1-14(2,17-9-5-6-10-17)13(15)11-12-7-3-4-8-16-12/h3-4,7-8,13H,5-6,9-11,15H2,1-2H3. The van der Waals surface area contributed by atoms with Gasteiger partial charge in [0, 0.05) is 29.9 Å². The maximum Gasteiger partial charge on any atom is 0.0419 e. The Morgan fingerprint density at radius 3 is 2.65 bits per heavy atom. The Hall–Kier alpha value is -0.930. The highest BCUT2D eigenvalue weighted by atomic mass is 15.2. The van der Waals surface area contributed by atoms with Crippen LogP contribution in [0.3, 0.4) is 0 Å². The van der Waals surface area contributed by atoms with Crippen LogP contribution in [0.25, 0.3) is 0 Å².